The van der Waals surface area contributed by atoms with E-state index in [1.165, 1.54) is 10.6 Å². The van der Waals surface area contributed by atoms with Gasteiger partial charge in [0.15, 0.2) is 0 Å². The van der Waals surface area contributed by atoms with Crippen LogP contribution in [0.1, 0.15) is 13.8 Å². The van der Waals surface area contributed by atoms with Gasteiger partial charge in [0.05, 0.1) is 5.41 Å². The molecular formula is C16H19N3O2. The third-order valence-corrected chi connectivity index (χ3v) is 3.25. The predicted octanol–water partition coefficient (Wildman–Crippen LogP) is 2.10. The predicted molar refractivity (Wildman–Crippen MR) is 84.0 cm³/mol. The Labute approximate surface area is 123 Å². The number of nitrogens with one attached hydrogen (secondary N) is 1. The molecular weight excluding hydrogens is 266 g/mol. The second kappa shape index (κ2) is 5.83. The molecule has 0 aliphatic carbocycles. The Balaban J connectivity index is 2.11. The number of pyridine rings is 1. The first-order valence-electron chi connectivity index (χ1n) is 6.71. The quantitative estimate of drug-likeness (QED) is 0.844. The van der Waals surface area contributed by atoms with Gasteiger partial charge in [-0.2, -0.15) is 0 Å². The van der Waals surface area contributed by atoms with Gasteiger partial charge in [-0.3, -0.25) is 9.59 Å². The smallest absolute Gasteiger partial charge is 0.250 e. The molecule has 0 aliphatic rings. The van der Waals surface area contributed by atoms with Gasteiger partial charge in [-0.1, -0.05) is 6.07 Å². The fourth-order valence-corrected chi connectivity index (χ4v) is 1.96. The highest BCUT2D eigenvalue weighted by molar-refractivity contribution is 5.94. The fraction of sp³-hybridized carbons (Fsp3) is 0.250. The van der Waals surface area contributed by atoms with E-state index >= 15 is 0 Å². The Bertz CT molecular complexity index is 687. The number of hydrogen-bond donors (Lipinski definition) is 2. The number of carbonyl (C=O) groups excluding carboxylic acids is 1. The fourth-order valence-electron chi connectivity index (χ4n) is 1.96. The second-order valence-electron chi connectivity index (χ2n) is 5.63. The standard InChI is InChI=1S/C16H19N3O2/c1-16(2,11-19-10-4-3-5-14(19)20)15(21)18-13-8-6-12(17)7-9-13/h3-10H,11,17H2,1-2H3,(H,18,21). The van der Waals surface area contributed by atoms with Crippen LogP contribution < -0.4 is 16.6 Å². The Morgan fingerprint density at radius 2 is 1.86 bits per heavy atom. The Morgan fingerprint density at radius 3 is 2.48 bits per heavy atom. The summed E-state index contributed by atoms with van der Waals surface area (Å²) >= 11 is 0. The minimum absolute atomic E-state index is 0.120. The molecule has 0 aliphatic heterocycles. The Morgan fingerprint density at radius 1 is 1.19 bits per heavy atom. The molecule has 0 atom stereocenters. The van der Waals surface area contributed by atoms with Gasteiger partial charge in [0.25, 0.3) is 5.56 Å². The molecule has 110 valence electrons. The monoisotopic (exact) mass is 285 g/mol. The summed E-state index contributed by atoms with van der Waals surface area (Å²) in [6.07, 6.45) is 1.68. The summed E-state index contributed by atoms with van der Waals surface area (Å²) in [5.41, 5.74) is 6.10. The van der Waals surface area contributed by atoms with E-state index in [1.807, 2.05) is 0 Å². The summed E-state index contributed by atoms with van der Waals surface area (Å²) in [7, 11) is 0. The van der Waals surface area contributed by atoms with Gasteiger partial charge < -0.3 is 15.6 Å². The zero-order valence-electron chi connectivity index (χ0n) is 12.2. The third kappa shape index (κ3) is 3.72. The van der Waals surface area contributed by atoms with Gasteiger partial charge in [0, 0.05) is 30.2 Å². The summed E-state index contributed by atoms with van der Waals surface area (Å²) in [5, 5.41) is 2.84. The molecule has 0 spiro atoms. The molecule has 0 fully saturated rings. The van der Waals surface area contributed by atoms with Crippen molar-refractivity contribution in [3.63, 3.8) is 0 Å². The summed E-state index contributed by atoms with van der Waals surface area (Å²) in [4.78, 5) is 24.1. The van der Waals surface area contributed by atoms with E-state index in [-0.39, 0.29) is 11.5 Å². The van der Waals surface area contributed by atoms with E-state index in [4.69, 9.17) is 5.73 Å². The molecule has 2 rings (SSSR count). The minimum Gasteiger partial charge on any atom is -0.399 e. The van der Waals surface area contributed by atoms with E-state index in [1.54, 1.807) is 56.4 Å². The molecule has 1 aromatic carbocycles. The van der Waals surface area contributed by atoms with E-state index in [9.17, 15) is 9.59 Å². The van der Waals surface area contributed by atoms with Crippen LogP contribution >= 0.6 is 0 Å². The number of nitrogens with two attached hydrogens (primary N) is 1. The highest BCUT2D eigenvalue weighted by Gasteiger charge is 2.28. The lowest BCUT2D eigenvalue weighted by molar-refractivity contribution is -0.124. The van der Waals surface area contributed by atoms with Crippen molar-refractivity contribution in [2.75, 3.05) is 11.1 Å². The van der Waals surface area contributed by atoms with E-state index in [2.05, 4.69) is 5.32 Å². The molecule has 1 heterocycles. The van der Waals surface area contributed by atoms with Gasteiger partial charge >= 0.3 is 0 Å². The first-order chi connectivity index (χ1) is 9.88. The summed E-state index contributed by atoms with van der Waals surface area (Å²) in [5.74, 6) is -0.150. The van der Waals surface area contributed by atoms with E-state index < -0.39 is 5.41 Å². The topological polar surface area (TPSA) is 77.1 Å². The zero-order chi connectivity index (χ0) is 15.5. The highest BCUT2D eigenvalue weighted by atomic mass is 16.2. The van der Waals surface area contributed by atoms with Crippen molar-refractivity contribution in [3.05, 3.63) is 59.0 Å². The normalized spacial score (nSPS) is 11.1. The molecule has 0 bridgehead atoms. The first kappa shape index (κ1) is 14.8. The lowest BCUT2D eigenvalue weighted by atomic mass is 9.92. The maximum absolute atomic E-state index is 12.4. The number of anilines is 2. The molecule has 1 aromatic heterocycles. The maximum atomic E-state index is 12.4. The molecule has 21 heavy (non-hydrogen) atoms. The number of nitrogens with zero attached hydrogens (tertiary/aromatic N) is 1. The van der Waals surface area contributed by atoms with Gasteiger partial charge in [-0.05, 0) is 44.2 Å². The van der Waals surface area contributed by atoms with Crippen molar-refractivity contribution in [1.29, 1.82) is 0 Å². The van der Waals surface area contributed by atoms with Crippen LogP contribution in [0.2, 0.25) is 0 Å². The lowest BCUT2D eigenvalue weighted by Gasteiger charge is -2.24. The molecule has 5 heteroatoms. The summed E-state index contributed by atoms with van der Waals surface area (Å²) < 4.78 is 1.53. The second-order valence-corrected chi connectivity index (χ2v) is 5.63. The van der Waals surface area contributed by atoms with Gasteiger partial charge in [-0.25, -0.2) is 0 Å². The molecule has 2 aromatic rings. The number of carbonyl (C=O) groups is 1. The minimum atomic E-state index is -0.716. The zero-order valence-corrected chi connectivity index (χ0v) is 12.2. The van der Waals surface area contributed by atoms with Crippen LogP contribution in [0, 0.1) is 5.41 Å². The molecule has 0 unspecified atom stereocenters. The molecule has 5 nitrogen and oxygen atoms in total. The van der Waals surface area contributed by atoms with Crippen LogP contribution in [0.15, 0.2) is 53.5 Å². The van der Waals surface area contributed by atoms with E-state index in [0.717, 1.165) is 0 Å². The largest absolute Gasteiger partial charge is 0.399 e. The van der Waals surface area contributed by atoms with Crippen molar-refractivity contribution < 1.29 is 4.79 Å². The maximum Gasteiger partial charge on any atom is 0.250 e. The van der Waals surface area contributed by atoms with Crippen LogP contribution in [0.4, 0.5) is 11.4 Å². The number of hydrogen-bond acceptors (Lipinski definition) is 3. The van der Waals surface area contributed by atoms with Crippen LogP contribution in [0.25, 0.3) is 0 Å². The van der Waals surface area contributed by atoms with Gasteiger partial charge in [0.1, 0.15) is 0 Å². The average Bonchev–Trinajstić information content (AvgIpc) is 2.43. The lowest BCUT2D eigenvalue weighted by Crippen LogP contribution is -2.37. The highest BCUT2D eigenvalue weighted by Crippen LogP contribution is 2.21. The number of rotatable bonds is 4. The first-order valence-corrected chi connectivity index (χ1v) is 6.71. The Kier molecular flexibility index (Phi) is 4.12. The van der Waals surface area contributed by atoms with Crippen LogP contribution in [-0.4, -0.2) is 10.5 Å². The van der Waals surface area contributed by atoms with Crippen molar-refractivity contribution in [3.8, 4) is 0 Å². The molecule has 1 amide bonds. The number of benzene rings is 1. The SMILES string of the molecule is CC(C)(Cn1ccccc1=O)C(=O)Nc1ccc(N)cc1. The van der Waals surface area contributed by atoms with Crippen LogP contribution in [0.3, 0.4) is 0 Å². The van der Waals surface area contributed by atoms with Crippen molar-refractivity contribution in [2.24, 2.45) is 5.41 Å². The Hall–Kier alpha value is -2.56. The summed E-state index contributed by atoms with van der Waals surface area (Å²) in [6.45, 7) is 3.92. The average molecular weight is 285 g/mol. The van der Waals surface area contributed by atoms with Crippen LogP contribution in [0.5, 0.6) is 0 Å². The number of nitrogen functional groups attached to an aromatic ring is 1. The van der Waals surface area contributed by atoms with Gasteiger partial charge in [-0.15, -0.1) is 0 Å². The molecule has 0 saturated carbocycles. The van der Waals surface area contributed by atoms with Gasteiger partial charge in [0.2, 0.25) is 5.91 Å². The molecule has 3 N–H and O–H groups in total. The summed E-state index contributed by atoms with van der Waals surface area (Å²) in [6, 6.07) is 11.9. The third-order valence-electron chi connectivity index (χ3n) is 3.25. The van der Waals surface area contributed by atoms with Crippen molar-refractivity contribution in [2.45, 2.75) is 20.4 Å². The molecule has 0 radical (unpaired) electrons. The van der Waals surface area contributed by atoms with E-state index in [0.29, 0.717) is 17.9 Å². The van der Waals surface area contributed by atoms with Crippen molar-refractivity contribution >= 4 is 17.3 Å². The van der Waals surface area contributed by atoms with Crippen molar-refractivity contribution in [1.82, 2.24) is 4.57 Å². The molecule has 0 saturated heterocycles. The number of amides is 1. The number of aromatic nitrogens is 1. The van der Waals surface area contributed by atoms with Crippen LogP contribution in [-0.2, 0) is 11.3 Å².